The van der Waals surface area contributed by atoms with Crippen LogP contribution in [-0.2, 0) is 4.74 Å². The minimum atomic E-state index is -0.134. The van der Waals surface area contributed by atoms with Crippen molar-refractivity contribution in [3.8, 4) is 17.2 Å². The average molecular weight is 336 g/mol. The lowest BCUT2D eigenvalue weighted by Gasteiger charge is -2.07. The summed E-state index contributed by atoms with van der Waals surface area (Å²) in [6, 6.07) is 12.4. The molecule has 0 unspecified atom stereocenters. The number of hydrogen-bond acceptors (Lipinski definition) is 5. The number of rotatable bonds is 5. The van der Waals surface area contributed by atoms with Crippen molar-refractivity contribution in [2.75, 3.05) is 20.3 Å². The molecule has 0 N–H and O–H groups in total. The average Bonchev–Trinajstić information content (AvgIpc) is 3.10. The van der Waals surface area contributed by atoms with E-state index in [1.54, 1.807) is 31.6 Å². The fourth-order valence-electron chi connectivity index (χ4n) is 2.67. The highest BCUT2D eigenvalue weighted by Crippen LogP contribution is 2.24. The summed E-state index contributed by atoms with van der Waals surface area (Å²) in [6.45, 7) is 0.909. The first-order valence-corrected chi connectivity index (χ1v) is 7.87. The minimum absolute atomic E-state index is 0.134. The number of fused-ring (bicyclic) bond motifs is 2. The summed E-state index contributed by atoms with van der Waals surface area (Å²) in [5.41, 5.74) is 1.96. The number of ether oxygens (including phenoxy) is 2. The normalized spacial score (nSPS) is 11.2. The Labute approximate surface area is 143 Å². The van der Waals surface area contributed by atoms with Crippen molar-refractivity contribution < 1.29 is 13.9 Å². The number of aromatic nitrogens is 2. The first-order chi connectivity index (χ1) is 12.2. The number of hydrogen-bond donors (Lipinski definition) is 0. The molecule has 4 rings (SSSR count). The standard InChI is InChI=1S/C19H16N2O4/c1-23-7-8-24-14-4-5-18-15(10-14)17(22)11-19(25-18)16-9-13-3-2-6-21(13)12-20-16/h2-6,9-12H,7-8H2,1H3. The molecule has 6 nitrogen and oxygen atoms in total. The van der Waals surface area contributed by atoms with Crippen LogP contribution in [0.25, 0.3) is 27.9 Å². The Balaban J connectivity index is 1.73. The molecule has 4 aromatic rings. The van der Waals surface area contributed by atoms with E-state index in [0.717, 1.165) is 5.52 Å². The fraction of sp³-hybridized carbons (Fsp3) is 0.158. The van der Waals surface area contributed by atoms with E-state index in [4.69, 9.17) is 13.9 Å². The summed E-state index contributed by atoms with van der Waals surface area (Å²) in [5.74, 6) is 1.05. The molecule has 25 heavy (non-hydrogen) atoms. The predicted octanol–water partition coefficient (Wildman–Crippen LogP) is 3.13. The van der Waals surface area contributed by atoms with Crippen LogP contribution in [0.1, 0.15) is 0 Å². The van der Waals surface area contributed by atoms with Crippen molar-refractivity contribution in [1.29, 1.82) is 0 Å². The Bertz CT molecular complexity index is 1100. The van der Waals surface area contributed by atoms with E-state index in [0.29, 0.717) is 41.4 Å². The molecule has 0 bridgehead atoms. The van der Waals surface area contributed by atoms with Crippen molar-refractivity contribution in [3.63, 3.8) is 0 Å². The van der Waals surface area contributed by atoms with E-state index in [1.165, 1.54) is 6.07 Å². The molecular weight excluding hydrogens is 320 g/mol. The maximum Gasteiger partial charge on any atom is 0.193 e. The summed E-state index contributed by atoms with van der Waals surface area (Å²) < 4.78 is 18.3. The van der Waals surface area contributed by atoms with Crippen molar-refractivity contribution >= 4 is 16.5 Å². The van der Waals surface area contributed by atoms with E-state index in [2.05, 4.69) is 4.98 Å². The van der Waals surface area contributed by atoms with E-state index >= 15 is 0 Å². The molecule has 3 aromatic heterocycles. The highest BCUT2D eigenvalue weighted by atomic mass is 16.5. The topological polar surface area (TPSA) is 66.0 Å². The van der Waals surface area contributed by atoms with Gasteiger partial charge in [-0.3, -0.25) is 4.79 Å². The van der Waals surface area contributed by atoms with Gasteiger partial charge in [-0.1, -0.05) is 0 Å². The van der Waals surface area contributed by atoms with Gasteiger partial charge in [-0.15, -0.1) is 0 Å². The highest BCUT2D eigenvalue weighted by Gasteiger charge is 2.10. The second kappa shape index (κ2) is 6.41. The third kappa shape index (κ3) is 2.99. The van der Waals surface area contributed by atoms with Crippen molar-refractivity contribution in [2.45, 2.75) is 0 Å². The molecule has 0 atom stereocenters. The summed E-state index contributed by atoms with van der Waals surface area (Å²) in [7, 11) is 1.61. The van der Waals surface area contributed by atoms with Crippen LogP contribution in [0.3, 0.4) is 0 Å². The molecule has 0 aliphatic rings. The third-order valence-electron chi connectivity index (χ3n) is 3.92. The first kappa shape index (κ1) is 15.4. The molecule has 1 aromatic carbocycles. The Kier molecular flexibility index (Phi) is 3.95. The Morgan fingerprint density at radius 3 is 2.96 bits per heavy atom. The van der Waals surface area contributed by atoms with E-state index in [-0.39, 0.29) is 5.43 Å². The van der Waals surface area contributed by atoms with Crippen molar-refractivity contribution in [2.24, 2.45) is 0 Å². The first-order valence-electron chi connectivity index (χ1n) is 7.87. The second-order valence-electron chi connectivity index (χ2n) is 5.59. The Morgan fingerprint density at radius 2 is 2.08 bits per heavy atom. The molecular formula is C19H16N2O4. The van der Waals surface area contributed by atoms with Gasteiger partial charge in [-0.25, -0.2) is 4.98 Å². The summed E-state index contributed by atoms with van der Waals surface area (Å²) in [6.07, 6.45) is 3.61. The van der Waals surface area contributed by atoms with E-state index in [1.807, 2.05) is 28.8 Å². The quantitative estimate of drug-likeness (QED) is 0.524. The molecule has 0 saturated carbocycles. The molecule has 0 radical (unpaired) electrons. The zero-order chi connectivity index (χ0) is 17.2. The Hall–Kier alpha value is -3.12. The molecule has 126 valence electrons. The number of benzene rings is 1. The molecule has 0 aliphatic carbocycles. The minimum Gasteiger partial charge on any atom is -0.491 e. The van der Waals surface area contributed by atoms with Gasteiger partial charge in [-0.05, 0) is 36.4 Å². The van der Waals surface area contributed by atoms with Gasteiger partial charge in [-0.2, -0.15) is 0 Å². The largest absolute Gasteiger partial charge is 0.491 e. The van der Waals surface area contributed by atoms with E-state index < -0.39 is 0 Å². The lowest BCUT2D eigenvalue weighted by molar-refractivity contribution is 0.146. The molecule has 3 heterocycles. The summed E-state index contributed by atoms with van der Waals surface area (Å²) in [4.78, 5) is 16.9. The number of methoxy groups -OCH3 is 1. The van der Waals surface area contributed by atoms with Gasteiger partial charge < -0.3 is 18.3 Å². The van der Waals surface area contributed by atoms with Crippen LogP contribution >= 0.6 is 0 Å². The van der Waals surface area contributed by atoms with Crippen LogP contribution in [0, 0.1) is 0 Å². The zero-order valence-electron chi connectivity index (χ0n) is 13.6. The second-order valence-corrected chi connectivity index (χ2v) is 5.59. The van der Waals surface area contributed by atoms with Gasteiger partial charge in [0.2, 0.25) is 0 Å². The van der Waals surface area contributed by atoms with Crippen molar-refractivity contribution in [3.05, 3.63) is 65.2 Å². The number of nitrogens with zero attached hydrogens (tertiary/aromatic N) is 2. The maximum absolute atomic E-state index is 12.5. The van der Waals surface area contributed by atoms with Crippen molar-refractivity contribution in [1.82, 2.24) is 9.38 Å². The SMILES string of the molecule is COCCOc1ccc2oc(-c3cc4cccn4cn3)cc(=O)c2c1. The molecule has 6 heteroatoms. The van der Waals surface area contributed by atoms with Crippen LogP contribution in [-0.4, -0.2) is 29.7 Å². The molecule has 0 saturated heterocycles. The zero-order valence-corrected chi connectivity index (χ0v) is 13.6. The monoisotopic (exact) mass is 336 g/mol. The summed E-state index contributed by atoms with van der Waals surface area (Å²) >= 11 is 0. The lowest BCUT2D eigenvalue weighted by atomic mass is 10.2. The van der Waals surface area contributed by atoms with Crippen LogP contribution < -0.4 is 10.2 Å². The summed E-state index contributed by atoms with van der Waals surface area (Å²) in [5, 5.41) is 0.474. The molecule has 0 aliphatic heterocycles. The fourth-order valence-corrected chi connectivity index (χ4v) is 2.67. The van der Waals surface area contributed by atoms with Crippen LogP contribution in [0.2, 0.25) is 0 Å². The smallest absolute Gasteiger partial charge is 0.193 e. The van der Waals surface area contributed by atoms with Crippen LogP contribution in [0.4, 0.5) is 0 Å². The predicted molar refractivity (Wildman–Crippen MR) is 94.0 cm³/mol. The van der Waals surface area contributed by atoms with Gasteiger partial charge in [0.15, 0.2) is 11.2 Å². The van der Waals surface area contributed by atoms with Gasteiger partial charge >= 0.3 is 0 Å². The molecule has 0 fully saturated rings. The van der Waals surface area contributed by atoms with Crippen LogP contribution in [0.15, 0.2) is 64.2 Å². The van der Waals surface area contributed by atoms with Gasteiger partial charge in [0.1, 0.15) is 23.6 Å². The molecule has 0 amide bonds. The lowest BCUT2D eigenvalue weighted by Crippen LogP contribution is -2.05. The maximum atomic E-state index is 12.5. The van der Waals surface area contributed by atoms with E-state index in [9.17, 15) is 4.79 Å². The third-order valence-corrected chi connectivity index (χ3v) is 3.92. The van der Waals surface area contributed by atoms with Gasteiger partial charge in [0.25, 0.3) is 0 Å². The van der Waals surface area contributed by atoms with Crippen LogP contribution in [0.5, 0.6) is 5.75 Å². The molecule has 0 spiro atoms. The van der Waals surface area contributed by atoms with Gasteiger partial charge in [0.05, 0.1) is 18.3 Å². The van der Waals surface area contributed by atoms with Gasteiger partial charge in [0, 0.05) is 24.9 Å². The highest BCUT2D eigenvalue weighted by molar-refractivity contribution is 5.80. The Morgan fingerprint density at radius 1 is 1.16 bits per heavy atom.